The molecule has 1 fully saturated rings. The molecule has 0 amide bonds. The Morgan fingerprint density at radius 2 is 1.36 bits per heavy atom. The lowest BCUT2D eigenvalue weighted by Gasteiger charge is -2.12. The number of carbonyl (C=O) groups is 2. The van der Waals surface area contributed by atoms with Crippen molar-refractivity contribution in [1.82, 2.24) is 0 Å². The Labute approximate surface area is 83.6 Å². The van der Waals surface area contributed by atoms with Crippen LogP contribution in [-0.2, 0) is 19.1 Å². The Hall–Kier alpha value is -1.06. The summed E-state index contributed by atoms with van der Waals surface area (Å²) in [6.07, 6.45) is 3.70. The Morgan fingerprint density at radius 3 is 1.79 bits per heavy atom. The Kier molecular flexibility index (Phi) is 4.43. The summed E-state index contributed by atoms with van der Waals surface area (Å²) in [4.78, 5) is 22.2. The van der Waals surface area contributed by atoms with Crippen molar-refractivity contribution in [2.75, 3.05) is 0 Å². The normalized spacial score (nSPS) is 22.1. The molecule has 0 unspecified atom stereocenters. The van der Waals surface area contributed by atoms with Crippen LogP contribution in [0.15, 0.2) is 0 Å². The summed E-state index contributed by atoms with van der Waals surface area (Å²) in [7, 11) is 0. The topological polar surface area (TPSA) is 52.6 Å². The molecule has 1 aliphatic heterocycles. The maximum Gasteiger partial charge on any atom is 0.308 e. The van der Waals surface area contributed by atoms with Crippen LogP contribution in [0.25, 0.3) is 0 Å². The minimum atomic E-state index is -0.743. The fourth-order valence-corrected chi connectivity index (χ4v) is 1.40. The molecular formula is C10H16O4. The van der Waals surface area contributed by atoms with E-state index in [-0.39, 0.29) is 11.9 Å². The van der Waals surface area contributed by atoms with E-state index < -0.39 is 6.29 Å². The van der Waals surface area contributed by atoms with E-state index in [0.29, 0.717) is 12.8 Å². The Balaban J connectivity index is 2.44. The first kappa shape index (κ1) is 11.0. The molecule has 0 saturated carbocycles. The highest BCUT2D eigenvalue weighted by Crippen LogP contribution is 2.10. The fourth-order valence-electron chi connectivity index (χ4n) is 1.40. The molecule has 0 N–H and O–H groups in total. The van der Waals surface area contributed by atoms with Gasteiger partial charge in [-0.15, -0.1) is 0 Å². The molecular weight excluding hydrogens is 184 g/mol. The van der Waals surface area contributed by atoms with Crippen LogP contribution in [0.5, 0.6) is 0 Å². The van der Waals surface area contributed by atoms with E-state index in [9.17, 15) is 9.59 Å². The molecule has 14 heavy (non-hydrogen) atoms. The summed E-state index contributed by atoms with van der Waals surface area (Å²) in [6.45, 7) is 1.56. The number of carbonyl (C=O) groups excluding carboxylic acids is 2. The van der Waals surface area contributed by atoms with Gasteiger partial charge in [-0.2, -0.15) is 0 Å². The van der Waals surface area contributed by atoms with E-state index in [1.54, 1.807) is 6.92 Å². The van der Waals surface area contributed by atoms with E-state index in [4.69, 9.17) is 9.47 Å². The average molecular weight is 200 g/mol. The van der Waals surface area contributed by atoms with E-state index >= 15 is 0 Å². The van der Waals surface area contributed by atoms with Crippen LogP contribution in [0.2, 0.25) is 0 Å². The molecule has 1 saturated heterocycles. The molecule has 0 aromatic rings. The van der Waals surface area contributed by atoms with Crippen molar-refractivity contribution in [3.8, 4) is 0 Å². The largest absolute Gasteiger partial charge is 0.425 e. The van der Waals surface area contributed by atoms with Gasteiger partial charge >= 0.3 is 11.9 Å². The number of rotatable bonds is 0. The van der Waals surface area contributed by atoms with Crippen LogP contribution in [0.4, 0.5) is 0 Å². The van der Waals surface area contributed by atoms with Gasteiger partial charge in [0.2, 0.25) is 6.29 Å². The van der Waals surface area contributed by atoms with Gasteiger partial charge in [0.15, 0.2) is 0 Å². The lowest BCUT2D eigenvalue weighted by Crippen LogP contribution is -2.21. The number of cyclic esters (lactones) is 2. The maximum absolute atomic E-state index is 11.1. The predicted octanol–water partition coefficient (Wildman–Crippen LogP) is 1.77. The van der Waals surface area contributed by atoms with Crippen LogP contribution in [0.3, 0.4) is 0 Å². The third-order valence-corrected chi connectivity index (χ3v) is 2.11. The van der Waals surface area contributed by atoms with E-state index in [1.807, 2.05) is 0 Å². The molecule has 0 spiro atoms. The second kappa shape index (κ2) is 5.62. The van der Waals surface area contributed by atoms with Crippen molar-refractivity contribution in [3.63, 3.8) is 0 Å². The first-order chi connectivity index (χ1) is 6.68. The standard InChI is InChI=1S/C10H16O4/c1-8-13-9(11)6-4-2-3-5-7-10(12)14-8/h8H,2-7H2,1H3. The maximum atomic E-state index is 11.1. The highest BCUT2D eigenvalue weighted by atomic mass is 16.7. The molecule has 0 aromatic carbocycles. The van der Waals surface area contributed by atoms with Crippen molar-refractivity contribution in [2.24, 2.45) is 0 Å². The fraction of sp³-hybridized carbons (Fsp3) is 0.800. The molecule has 1 heterocycles. The van der Waals surface area contributed by atoms with Crippen LogP contribution in [0, 0.1) is 0 Å². The van der Waals surface area contributed by atoms with Crippen molar-refractivity contribution in [3.05, 3.63) is 0 Å². The zero-order valence-corrected chi connectivity index (χ0v) is 8.45. The molecule has 0 aliphatic carbocycles. The van der Waals surface area contributed by atoms with Gasteiger partial charge in [-0.25, -0.2) is 0 Å². The lowest BCUT2D eigenvalue weighted by molar-refractivity contribution is -0.184. The molecule has 0 bridgehead atoms. The third kappa shape index (κ3) is 4.25. The number of hydrogen-bond acceptors (Lipinski definition) is 4. The van der Waals surface area contributed by atoms with Gasteiger partial charge in [0.1, 0.15) is 0 Å². The molecule has 4 heteroatoms. The first-order valence-electron chi connectivity index (χ1n) is 5.07. The molecule has 0 atom stereocenters. The van der Waals surface area contributed by atoms with Gasteiger partial charge in [0.25, 0.3) is 0 Å². The first-order valence-corrected chi connectivity index (χ1v) is 5.07. The zero-order chi connectivity index (χ0) is 10.4. The van der Waals surface area contributed by atoms with E-state index in [1.165, 1.54) is 0 Å². The monoisotopic (exact) mass is 200 g/mol. The number of ether oxygens (including phenoxy) is 2. The van der Waals surface area contributed by atoms with Gasteiger partial charge in [-0.05, 0) is 12.8 Å². The molecule has 80 valence electrons. The van der Waals surface area contributed by atoms with Crippen LogP contribution < -0.4 is 0 Å². The minimum Gasteiger partial charge on any atom is -0.425 e. The summed E-state index contributed by atoms with van der Waals surface area (Å²) in [5, 5.41) is 0. The number of esters is 2. The van der Waals surface area contributed by atoms with Crippen LogP contribution in [0.1, 0.15) is 45.4 Å². The zero-order valence-electron chi connectivity index (χ0n) is 8.45. The van der Waals surface area contributed by atoms with Gasteiger partial charge in [-0.1, -0.05) is 12.8 Å². The summed E-state index contributed by atoms with van der Waals surface area (Å²) >= 11 is 0. The SMILES string of the molecule is CC1OC(=O)CCCCCCC(=O)O1. The summed E-state index contributed by atoms with van der Waals surface area (Å²) in [5.41, 5.74) is 0. The highest BCUT2D eigenvalue weighted by Gasteiger charge is 2.14. The summed E-state index contributed by atoms with van der Waals surface area (Å²) < 4.78 is 9.74. The van der Waals surface area contributed by atoms with Crippen LogP contribution in [-0.4, -0.2) is 18.2 Å². The molecule has 0 radical (unpaired) electrons. The van der Waals surface area contributed by atoms with Crippen molar-refractivity contribution in [1.29, 1.82) is 0 Å². The van der Waals surface area contributed by atoms with Gasteiger partial charge in [-0.3, -0.25) is 9.59 Å². The van der Waals surface area contributed by atoms with Crippen molar-refractivity contribution >= 4 is 11.9 Å². The Morgan fingerprint density at radius 1 is 0.929 bits per heavy atom. The molecule has 1 rings (SSSR count). The number of hydrogen-bond donors (Lipinski definition) is 0. The summed E-state index contributed by atoms with van der Waals surface area (Å²) in [5.74, 6) is -0.570. The second-order valence-electron chi connectivity index (χ2n) is 3.46. The third-order valence-electron chi connectivity index (χ3n) is 2.11. The average Bonchev–Trinajstić information content (AvgIpc) is 2.11. The predicted molar refractivity (Wildman–Crippen MR) is 49.3 cm³/mol. The quantitative estimate of drug-likeness (QED) is 0.559. The molecule has 4 nitrogen and oxygen atoms in total. The highest BCUT2D eigenvalue weighted by molar-refractivity contribution is 5.71. The Bertz CT molecular complexity index is 190. The molecule has 0 aromatic heterocycles. The van der Waals surface area contributed by atoms with Crippen LogP contribution >= 0.6 is 0 Å². The van der Waals surface area contributed by atoms with Gasteiger partial charge in [0.05, 0.1) is 0 Å². The minimum absolute atomic E-state index is 0.285. The molecule has 1 aliphatic rings. The summed E-state index contributed by atoms with van der Waals surface area (Å²) in [6, 6.07) is 0. The van der Waals surface area contributed by atoms with Crippen molar-refractivity contribution < 1.29 is 19.1 Å². The van der Waals surface area contributed by atoms with E-state index in [2.05, 4.69) is 0 Å². The van der Waals surface area contributed by atoms with E-state index in [0.717, 1.165) is 25.7 Å². The van der Waals surface area contributed by atoms with Crippen molar-refractivity contribution in [2.45, 2.75) is 51.7 Å². The lowest BCUT2D eigenvalue weighted by atomic mass is 10.1. The smallest absolute Gasteiger partial charge is 0.308 e. The second-order valence-corrected chi connectivity index (χ2v) is 3.46. The van der Waals surface area contributed by atoms with Gasteiger partial charge < -0.3 is 9.47 Å². The van der Waals surface area contributed by atoms with Gasteiger partial charge in [0, 0.05) is 19.8 Å².